The highest BCUT2D eigenvalue weighted by molar-refractivity contribution is 5.99. The first-order chi connectivity index (χ1) is 8.50. The largest absolute Gasteiger partial charge is 0.508 e. The van der Waals surface area contributed by atoms with Crippen molar-refractivity contribution < 1.29 is 14.6 Å². The van der Waals surface area contributed by atoms with Gasteiger partial charge in [-0.25, -0.2) is 0 Å². The predicted octanol–water partition coefficient (Wildman–Crippen LogP) is 1.27. The number of phenolic OH excluding ortho intramolecular Hbond substituents is 1. The van der Waals surface area contributed by atoms with E-state index in [9.17, 15) is 9.90 Å². The SMILES string of the molecule is CC1(CNC(=O)c2cc(O)ccc2N)CCCO1. The summed E-state index contributed by atoms with van der Waals surface area (Å²) in [6.07, 6.45) is 1.95. The number of carbonyl (C=O) groups is 1. The van der Waals surface area contributed by atoms with Gasteiger partial charge in [0.25, 0.3) is 5.91 Å². The van der Waals surface area contributed by atoms with Crippen LogP contribution in [0.1, 0.15) is 30.1 Å². The lowest BCUT2D eigenvalue weighted by Gasteiger charge is -2.23. The minimum atomic E-state index is -0.292. The number of aromatic hydroxyl groups is 1. The van der Waals surface area contributed by atoms with E-state index in [0.29, 0.717) is 12.2 Å². The Morgan fingerprint density at radius 3 is 3.06 bits per heavy atom. The number of nitrogens with two attached hydrogens (primary N) is 1. The Kier molecular flexibility index (Phi) is 3.43. The van der Waals surface area contributed by atoms with E-state index in [4.69, 9.17) is 10.5 Å². The van der Waals surface area contributed by atoms with Crippen LogP contribution < -0.4 is 11.1 Å². The van der Waals surface area contributed by atoms with E-state index in [0.717, 1.165) is 19.4 Å². The number of anilines is 1. The van der Waals surface area contributed by atoms with Gasteiger partial charge in [-0.3, -0.25) is 4.79 Å². The Balaban J connectivity index is 2.01. The van der Waals surface area contributed by atoms with Crippen molar-refractivity contribution in [2.75, 3.05) is 18.9 Å². The van der Waals surface area contributed by atoms with Crippen LogP contribution in [-0.2, 0) is 4.74 Å². The number of nitrogen functional groups attached to an aromatic ring is 1. The van der Waals surface area contributed by atoms with Crippen molar-refractivity contribution in [1.82, 2.24) is 5.32 Å². The van der Waals surface area contributed by atoms with Crippen molar-refractivity contribution in [3.63, 3.8) is 0 Å². The highest BCUT2D eigenvalue weighted by Gasteiger charge is 2.30. The van der Waals surface area contributed by atoms with Crippen LogP contribution in [0, 0.1) is 0 Å². The molecule has 0 spiro atoms. The number of nitrogens with one attached hydrogen (secondary N) is 1. The molecule has 0 aliphatic carbocycles. The van der Waals surface area contributed by atoms with Gasteiger partial charge in [0.1, 0.15) is 5.75 Å². The number of phenols is 1. The minimum absolute atomic E-state index is 0.0256. The lowest BCUT2D eigenvalue weighted by atomic mass is 10.0. The molecule has 1 aliphatic rings. The smallest absolute Gasteiger partial charge is 0.253 e. The van der Waals surface area contributed by atoms with E-state index in [1.807, 2.05) is 6.92 Å². The fourth-order valence-corrected chi connectivity index (χ4v) is 2.08. The van der Waals surface area contributed by atoms with Gasteiger partial charge < -0.3 is 20.9 Å². The second-order valence-electron chi connectivity index (χ2n) is 4.86. The molecule has 1 atom stereocenters. The quantitative estimate of drug-likeness (QED) is 0.557. The average molecular weight is 250 g/mol. The van der Waals surface area contributed by atoms with Gasteiger partial charge in [0.15, 0.2) is 0 Å². The zero-order chi connectivity index (χ0) is 13.2. The number of benzene rings is 1. The number of amides is 1. The van der Waals surface area contributed by atoms with Gasteiger partial charge in [0.2, 0.25) is 0 Å². The molecule has 1 heterocycles. The third-order valence-corrected chi connectivity index (χ3v) is 3.20. The Morgan fingerprint density at radius 2 is 2.39 bits per heavy atom. The van der Waals surface area contributed by atoms with E-state index in [2.05, 4.69) is 5.32 Å². The zero-order valence-electron chi connectivity index (χ0n) is 10.4. The number of rotatable bonds is 3. The normalized spacial score (nSPS) is 22.9. The molecule has 1 aromatic carbocycles. The molecule has 0 bridgehead atoms. The van der Waals surface area contributed by atoms with Gasteiger partial charge in [-0.1, -0.05) is 0 Å². The maximum absolute atomic E-state index is 12.0. The summed E-state index contributed by atoms with van der Waals surface area (Å²) in [6.45, 7) is 3.16. The van der Waals surface area contributed by atoms with Crippen molar-refractivity contribution >= 4 is 11.6 Å². The van der Waals surface area contributed by atoms with Crippen molar-refractivity contribution in [2.45, 2.75) is 25.4 Å². The topological polar surface area (TPSA) is 84.6 Å². The third-order valence-electron chi connectivity index (χ3n) is 3.20. The van der Waals surface area contributed by atoms with Crippen molar-refractivity contribution in [2.24, 2.45) is 0 Å². The van der Waals surface area contributed by atoms with Gasteiger partial charge in [-0.2, -0.15) is 0 Å². The van der Waals surface area contributed by atoms with Crippen LogP contribution >= 0.6 is 0 Å². The summed E-state index contributed by atoms with van der Waals surface area (Å²) < 4.78 is 5.59. The summed E-state index contributed by atoms with van der Waals surface area (Å²) in [4.78, 5) is 12.0. The first kappa shape index (κ1) is 12.7. The molecule has 1 saturated heterocycles. The molecule has 4 N–H and O–H groups in total. The number of hydrogen-bond acceptors (Lipinski definition) is 4. The number of ether oxygens (including phenoxy) is 1. The first-order valence-corrected chi connectivity index (χ1v) is 6.01. The molecule has 1 unspecified atom stereocenters. The van der Waals surface area contributed by atoms with Gasteiger partial charge in [-0.05, 0) is 38.0 Å². The standard InChI is InChI=1S/C13H18N2O3/c1-13(5-2-6-18-13)8-15-12(17)10-7-9(16)3-4-11(10)14/h3-4,7,16H,2,5-6,8,14H2,1H3,(H,15,17). The van der Waals surface area contributed by atoms with Gasteiger partial charge in [0.05, 0.1) is 11.2 Å². The van der Waals surface area contributed by atoms with Crippen molar-refractivity contribution in [3.8, 4) is 5.75 Å². The maximum atomic E-state index is 12.0. The number of hydrogen-bond donors (Lipinski definition) is 3. The molecule has 0 aromatic heterocycles. The second-order valence-corrected chi connectivity index (χ2v) is 4.86. The second kappa shape index (κ2) is 4.86. The summed E-state index contributed by atoms with van der Waals surface area (Å²) >= 11 is 0. The summed E-state index contributed by atoms with van der Waals surface area (Å²) in [6, 6.07) is 4.33. The molecule has 0 radical (unpaired) electrons. The highest BCUT2D eigenvalue weighted by Crippen LogP contribution is 2.24. The molecule has 1 amide bonds. The lowest BCUT2D eigenvalue weighted by molar-refractivity contribution is 0.0206. The molecular weight excluding hydrogens is 232 g/mol. The van der Waals surface area contributed by atoms with Crippen molar-refractivity contribution in [3.05, 3.63) is 23.8 Å². The number of carbonyl (C=O) groups excluding carboxylic acids is 1. The summed E-state index contributed by atoms with van der Waals surface area (Å²) in [7, 11) is 0. The highest BCUT2D eigenvalue weighted by atomic mass is 16.5. The van der Waals surface area contributed by atoms with Crippen LogP contribution in [0.25, 0.3) is 0 Å². The predicted molar refractivity (Wildman–Crippen MR) is 68.4 cm³/mol. The van der Waals surface area contributed by atoms with Crippen LogP contribution in [-0.4, -0.2) is 29.8 Å². The molecule has 0 saturated carbocycles. The summed E-state index contributed by atoms with van der Waals surface area (Å²) in [5.41, 5.74) is 6.05. The maximum Gasteiger partial charge on any atom is 0.253 e. The third kappa shape index (κ3) is 2.73. The van der Waals surface area contributed by atoms with E-state index in [1.165, 1.54) is 18.2 Å². The molecular formula is C13H18N2O3. The molecule has 18 heavy (non-hydrogen) atoms. The molecule has 5 nitrogen and oxygen atoms in total. The Bertz CT molecular complexity index is 454. The minimum Gasteiger partial charge on any atom is -0.508 e. The van der Waals surface area contributed by atoms with E-state index in [-0.39, 0.29) is 22.8 Å². The molecule has 1 fully saturated rings. The Labute approximate surface area is 106 Å². The zero-order valence-corrected chi connectivity index (χ0v) is 10.4. The van der Waals surface area contributed by atoms with E-state index >= 15 is 0 Å². The van der Waals surface area contributed by atoms with Crippen LogP contribution in [0.15, 0.2) is 18.2 Å². The van der Waals surface area contributed by atoms with E-state index < -0.39 is 0 Å². The lowest BCUT2D eigenvalue weighted by Crippen LogP contribution is -2.40. The van der Waals surface area contributed by atoms with Crippen LogP contribution in [0.3, 0.4) is 0 Å². The van der Waals surface area contributed by atoms with Crippen molar-refractivity contribution in [1.29, 1.82) is 0 Å². The summed E-state index contributed by atoms with van der Waals surface area (Å²) in [5.74, 6) is -0.266. The first-order valence-electron chi connectivity index (χ1n) is 6.01. The van der Waals surface area contributed by atoms with Crippen LogP contribution in [0.2, 0.25) is 0 Å². The molecule has 5 heteroatoms. The average Bonchev–Trinajstić information content (AvgIpc) is 2.77. The Hall–Kier alpha value is -1.75. The fraction of sp³-hybridized carbons (Fsp3) is 0.462. The Morgan fingerprint density at radius 1 is 1.61 bits per heavy atom. The molecule has 2 rings (SSSR count). The van der Waals surface area contributed by atoms with Crippen LogP contribution in [0.5, 0.6) is 5.75 Å². The van der Waals surface area contributed by atoms with Gasteiger partial charge in [0, 0.05) is 18.8 Å². The fourth-order valence-electron chi connectivity index (χ4n) is 2.08. The van der Waals surface area contributed by atoms with Crippen LogP contribution in [0.4, 0.5) is 5.69 Å². The molecule has 1 aromatic rings. The van der Waals surface area contributed by atoms with E-state index in [1.54, 1.807) is 0 Å². The molecule has 98 valence electrons. The van der Waals surface area contributed by atoms with Gasteiger partial charge >= 0.3 is 0 Å². The monoisotopic (exact) mass is 250 g/mol. The van der Waals surface area contributed by atoms with Gasteiger partial charge in [-0.15, -0.1) is 0 Å². The summed E-state index contributed by atoms with van der Waals surface area (Å²) in [5, 5.41) is 12.2. The molecule has 1 aliphatic heterocycles.